The topological polar surface area (TPSA) is 72.8 Å². The second-order valence-corrected chi connectivity index (χ2v) is 7.77. The summed E-state index contributed by atoms with van der Waals surface area (Å²) in [5.41, 5.74) is 0.468. The molecule has 1 aliphatic heterocycles. The Morgan fingerprint density at radius 1 is 1.14 bits per heavy atom. The monoisotopic (exact) mass is 534 g/mol. The molecule has 0 saturated carbocycles. The molecule has 0 unspecified atom stereocenters. The molecule has 9 heteroatoms. The molecule has 0 radical (unpaired) electrons. The lowest BCUT2D eigenvalue weighted by atomic mass is 10.1. The summed E-state index contributed by atoms with van der Waals surface area (Å²) in [7, 11) is 0. The van der Waals surface area contributed by atoms with E-state index in [1.165, 1.54) is 18.2 Å². The zero-order valence-corrected chi connectivity index (χ0v) is 18.4. The minimum Gasteiger partial charge on any atom is -0.493 e. The van der Waals surface area contributed by atoms with Crippen LogP contribution in [0, 0.1) is 11.6 Å². The Balaban J connectivity index is 0.000000207. The van der Waals surface area contributed by atoms with Crippen molar-refractivity contribution in [3.05, 3.63) is 56.5 Å². The molecule has 0 saturated heterocycles. The van der Waals surface area contributed by atoms with Crippen LogP contribution in [-0.2, 0) is 4.79 Å². The Labute approximate surface area is 183 Å². The second-order valence-electron chi connectivity index (χ2n) is 6.06. The van der Waals surface area contributed by atoms with E-state index >= 15 is 0 Å². The van der Waals surface area contributed by atoms with Crippen molar-refractivity contribution in [3.8, 4) is 11.5 Å². The minimum absolute atomic E-state index is 0.0122. The van der Waals surface area contributed by atoms with Gasteiger partial charge in [-0.2, -0.15) is 0 Å². The average Bonchev–Trinajstić information content (AvgIpc) is 2.84. The standard InChI is InChI=1S/C10H10BrFO3.C10H8BrFO2/c11-8-4-3-7(6-9(8)12)15-5-1-2-10(13)14;11-7-4-6-9(13)2-1-3-14-10(6)5-8(7)12/h3-4,6H,1-2,5H2,(H,13,14);4-5H,1-3H2. The molecule has 0 aromatic heterocycles. The molecule has 0 atom stereocenters. The van der Waals surface area contributed by atoms with E-state index in [1.54, 1.807) is 12.1 Å². The van der Waals surface area contributed by atoms with E-state index in [-0.39, 0.29) is 18.8 Å². The van der Waals surface area contributed by atoms with Crippen LogP contribution in [0.2, 0.25) is 0 Å². The minimum atomic E-state index is -0.861. The Morgan fingerprint density at radius 2 is 1.86 bits per heavy atom. The van der Waals surface area contributed by atoms with Gasteiger partial charge in [-0.25, -0.2) is 8.78 Å². The van der Waals surface area contributed by atoms with Gasteiger partial charge in [-0.05, 0) is 62.9 Å². The molecule has 2 aromatic rings. The highest BCUT2D eigenvalue weighted by molar-refractivity contribution is 9.10. The summed E-state index contributed by atoms with van der Waals surface area (Å²) in [6.07, 6.45) is 1.61. The van der Waals surface area contributed by atoms with E-state index in [0.29, 0.717) is 51.9 Å². The first kappa shape index (κ1) is 23.3. The molecule has 3 rings (SSSR count). The number of carbonyl (C=O) groups is 2. The lowest BCUT2D eigenvalue weighted by Crippen LogP contribution is -2.02. The lowest BCUT2D eigenvalue weighted by Gasteiger charge is -2.06. The zero-order chi connectivity index (χ0) is 21.4. The van der Waals surface area contributed by atoms with E-state index < -0.39 is 17.6 Å². The first-order valence-corrected chi connectivity index (χ1v) is 10.3. The number of benzene rings is 2. The second kappa shape index (κ2) is 11.3. The molecule has 156 valence electrons. The van der Waals surface area contributed by atoms with Crippen LogP contribution in [0.25, 0.3) is 0 Å². The number of ketones is 1. The lowest BCUT2D eigenvalue weighted by molar-refractivity contribution is -0.137. The highest BCUT2D eigenvalue weighted by Gasteiger charge is 2.18. The van der Waals surface area contributed by atoms with Gasteiger partial charge in [0, 0.05) is 25.0 Å². The highest BCUT2D eigenvalue weighted by Crippen LogP contribution is 2.29. The van der Waals surface area contributed by atoms with Crippen LogP contribution in [0.5, 0.6) is 11.5 Å². The summed E-state index contributed by atoms with van der Waals surface area (Å²) in [6.45, 7) is 0.743. The predicted octanol–water partition coefficient (Wildman–Crippen LogP) is 5.78. The van der Waals surface area contributed by atoms with Crippen molar-refractivity contribution in [3.63, 3.8) is 0 Å². The quantitative estimate of drug-likeness (QED) is 0.492. The first-order chi connectivity index (χ1) is 13.8. The Bertz CT molecular complexity index is 889. The maximum absolute atomic E-state index is 13.1. The van der Waals surface area contributed by atoms with E-state index in [2.05, 4.69) is 31.9 Å². The van der Waals surface area contributed by atoms with Gasteiger partial charge in [0.1, 0.15) is 23.1 Å². The summed E-state index contributed by atoms with van der Waals surface area (Å²) >= 11 is 6.07. The number of carboxylic acid groups (broad SMARTS) is 1. The Kier molecular flexibility index (Phi) is 9.03. The van der Waals surface area contributed by atoms with Crippen LogP contribution < -0.4 is 9.47 Å². The number of ether oxygens (including phenoxy) is 2. The molecule has 5 nitrogen and oxygen atoms in total. The van der Waals surface area contributed by atoms with Crippen molar-refractivity contribution in [2.75, 3.05) is 13.2 Å². The maximum Gasteiger partial charge on any atom is 0.303 e. The summed E-state index contributed by atoms with van der Waals surface area (Å²) in [6, 6.07) is 7.15. The third-order valence-electron chi connectivity index (χ3n) is 3.82. The Morgan fingerprint density at radius 3 is 2.55 bits per heavy atom. The number of halogens is 4. The molecular weight excluding hydrogens is 518 g/mol. The van der Waals surface area contributed by atoms with Crippen molar-refractivity contribution < 1.29 is 33.0 Å². The average molecular weight is 536 g/mol. The molecule has 0 fully saturated rings. The van der Waals surface area contributed by atoms with Crippen LogP contribution in [0.3, 0.4) is 0 Å². The summed E-state index contributed by atoms with van der Waals surface area (Å²) in [5, 5.41) is 8.37. The van der Waals surface area contributed by atoms with Gasteiger partial charge >= 0.3 is 5.97 Å². The number of fused-ring (bicyclic) bond motifs is 1. The first-order valence-electron chi connectivity index (χ1n) is 8.72. The van der Waals surface area contributed by atoms with E-state index in [0.717, 1.165) is 0 Å². The normalized spacial score (nSPS) is 12.8. The maximum atomic E-state index is 13.1. The van der Waals surface area contributed by atoms with Gasteiger partial charge in [-0.3, -0.25) is 9.59 Å². The van der Waals surface area contributed by atoms with Crippen LogP contribution in [-0.4, -0.2) is 30.1 Å². The number of carbonyl (C=O) groups excluding carboxylic acids is 1. The molecule has 29 heavy (non-hydrogen) atoms. The molecule has 0 bridgehead atoms. The van der Waals surface area contributed by atoms with E-state index in [1.807, 2.05) is 0 Å². The van der Waals surface area contributed by atoms with Gasteiger partial charge in [-0.1, -0.05) is 0 Å². The van der Waals surface area contributed by atoms with Gasteiger partial charge in [0.2, 0.25) is 0 Å². The number of rotatable bonds is 5. The third-order valence-corrected chi connectivity index (χ3v) is 5.07. The van der Waals surface area contributed by atoms with Crippen molar-refractivity contribution in [2.45, 2.75) is 25.7 Å². The van der Waals surface area contributed by atoms with Crippen LogP contribution in [0.4, 0.5) is 8.78 Å². The van der Waals surface area contributed by atoms with Crippen molar-refractivity contribution >= 4 is 43.6 Å². The van der Waals surface area contributed by atoms with Crippen molar-refractivity contribution in [1.29, 1.82) is 0 Å². The molecule has 0 amide bonds. The molecule has 0 aliphatic carbocycles. The van der Waals surface area contributed by atoms with E-state index in [9.17, 15) is 18.4 Å². The van der Waals surface area contributed by atoms with Gasteiger partial charge in [-0.15, -0.1) is 0 Å². The number of carboxylic acids is 1. The Hall–Kier alpha value is -2.00. The summed E-state index contributed by atoms with van der Waals surface area (Å²) in [4.78, 5) is 21.7. The van der Waals surface area contributed by atoms with Gasteiger partial charge in [0.05, 0.1) is 27.7 Å². The van der Waals surface area contributed by atoms with Crippen LogP contribution in [0.1, 0.15) is 36.0 Å². The van der Waals surface area contributed by atoms with E-state index in [4.69, 9.17) is 14.6 Å². The summed E-state index contributed by atoms with van der Waals surface area (Å²) < 4.78 is 37.2. The molecule has 0 spiro atoms. The molecule has 2 aromatic carbocycles. The molecular formula is C20H18Br2F2O5. The van der Waals surface area contributed by atoms with Gasteiger partial charge < -0.3 is 14.6 Å². The summed E-state index contributed by atoms with van der Waals surface area (Å²) in [5.74, 6) is -0.891. The van der Waals surface area contributed by atoms with Gasteiger partial charge in [0.25, 0.3) is 0 Å². The molecule has 1 heterocycles. The zero-order valence-electron chi connectivity index (χ0n) is 15.2. The molecule has 1 aliphatic rings. The third kappa shape index (κ3) is 7.40. The fourth-order valence-electron chi connectivity index (χ4n) is 2.40. The highest BCUT2D eigenvalue weighted by atomic mass is 79.9. The van der Waals surface area contributed by atoms with Crippen LogP contribution in [0.15, 0.2) is 39.3 Å². The largest absolute Gasteiger partial charge is 0.493 e. The fourth-order valence-corrected chi connectivity index (χ4v) is 2.99. The SMILES string of the molecule is O=C(O)CCCOc1ccc(Br)c(F)c1.O=C1CCCOc2cc(F)c(Br)cc21. The fraction of sp³-hybridized carbons (Fsp3) is 0.300. The number of hydrogen-bond donors (Lipinski definition) is 1. The van der Waals surface area contributed by atoms with Crippen LogP contribution >= 0.6 is 31.9 Å². The van der Waals surface area contributed by atoms with Crippen molar-refractivity contribution in [1.82, 2.24) is 0 Å². The smallest absolute Gasteiger partial charge is 0.303 e. The number of aliphatic carboxylic acids is 1. The number of hydrogen-bond acceptors (Lipinski definition) is 4. The van der Waals surface area contributed by atoms with Gasteiger partial charge in [0.15, 0.2) is 5.78 Å². The predicted molar refractivity (Wildman–Crippen MR) is 110 cm³/mol. The van der Waals surface area contributed by atoms with Crippen molar-refractivity contribution in [2.24, 2.45) is 0 Å². The molecule has 1 N–H and O–H groups in total. The number of Topliss-reactive ketones (excluding diaryl/α,β-unsaturated/α-hetero) is 1.